The smallest absolute Gasteiger partial charge is 0.257 e. The first-order valence-electron chi connectivity index (χ1n) is 10.4. The minimum Gasteiger partial charge on any atom is -0.307 e. The number of nitrogens with one attached hydrogen (secondary N) is 1. The third kappa shape index (κ3) is 5.04. The predicted molar refractivity (Wildman–Crippen MR) is 122 cm³/mol. The fourth-order valence-corrected chi connectivity index (χ4v) is 5.82. The highest BCUT2D eigenvalue weighted by Gasteiger charge is 2.37. The average Bonchev–Trinajstić information content (AvgIpc) is 3.59. The van der Waals surface area contributed by atoms with Crippen LogP contribution in [0.15, 0.2) is 58.5 Å². The summed E-state index contributed by atoms with van der Waals surface area (Å²) < 4.78 is 52.4. The van der Waals surface area contributed by atoms with Crippen LogP contribution in [-0.2, 0) is 14.6 Å². The van der Waals surface area contributed by atoms with Crippen molar-refractivity contribution in [3.05, 3.63) is 54.2 Å². The normalized spacial score (nSPS) is 23.8. The van der Waals surface area contributed by atoms with E-state index in [4.69, 9.17) is 0 Å². The van der Waals surface area contributed by atoms with Gasteiger partial charge in [0.15, 0.2) is 9.84 Å². The maximum atomic E-state index is 13.7. The summed E-state index contributed by atoms with van der Waals surface area (Å²) in [5.74, 6) is -0.544. The molecule has 2 unspecified atom stereocenters. The zero-order valence-electron chi connectivity index (χ0n) is 17.5. The number of thioether (sulfide) groups is 1. The molecule has 0 radical (unpaired) electrons. The Labute approximate surface area is 190 Å². The van der Waals surface area contributed by atoms with Crippen molar-refractivity contribution < 1.29 is 22.0 Å². The first-order valence-corrected chi connectivity index (χ1v) is 13.2. The molecule has 0 saturated heterocycles. The van der Waals surface area contributed by atoms with E-state index in [0.29, 0.717) is 24.2 Å². The number of anilines is 1. The van der Waals surface area contributed by atoms with Crippen molar-refractivity contribution in [2.45, 2.75) is 53.1 Å². The van der Waals surface area contributed by atoms with Gasteiger partial charge in [-0.15, -0.1) is 11.8 Å². The van der Waals surface area contributed by atoms with Crippen molar-refractivity contribution in [3.63, 3.8) is 0 Å². The molecule has 2 aliphatic rings. The molecule has 2 aliphatic carbocycles. The van der Waals surface area contributed by atoms with Gasteiger partial charge in [0.05, 0.1) is 10.1 Å². The van der Waals surface area contributed by atoms with Gasteiger partial charge in [-0.1, -0.05) is 18.2 Å². The number of amides is 1. The molecule has 2 fully saturated rings. The SMILES string of the molecule is CSc1ccc(NC(=O)/C(=C/C2CC(F)C(F)C2)c2ccc(S(=O)(=O)C3CC3)cc2)nc1. The molecule has 0 aliphatic heterocycles. The number of benzene rings is 1. The van der Waals surface area contributed by atoms with Crippen LogP contribution in [0, 0.1) is 5.92 Å². The van der Waals surface area contributed by atoms with E-state index in [9.17, 15) is 22.0 Å². The van der Waals surface area contributed by atoms with Crippen LogP contribution >= 0.6 is 11.8 Å². The lowest BCUT2D eigenvalue weighted by atomic mass is 9.98. The van der Waals surface area contributed by atoms with Gasteiger partial charge in [-0.2, -0.15) is 0 Å². The lowest BCUT2D eigenvalue weighted by Gasteiger charge is -2.13. The second kappa shape index (κ2) is 9.31. The summed E-state index contributed by atoms with van der Waals surface area (Å²) in [6, 6.07) is 9.61. The summed E-state index contributed by atoms with van der Waals surface area (Å²) in [6.07, 6.45) is 3.38. The zero-order chi connectivity index (χ0) is 22.9. The number of alkyl halides is 2. The van der Waals surface area contributed by atoms with Crippen molar-refractivity contribution in [1.82, 2.24) is 4.98 Å². The molecule has 1 aromatic carbocycles. The fourth-order valence-electron chi connectivity index (χ4n) is 3.80. The highest BCUT2D eigenvalue weighted by Crippen LogP contribution is 2.36. The Kier molecular flexibility index (Phi) is 6.67. The number of carbonyl (C=O) groups is 1. The predicted octanol–water partition coefficient (Wildman–Crippen LogP) is 4.85. The lowest BCUT2D eigenvalue weighted by Crippen LogP contribution is -2.16. The van der Waals surface area contributed by atoms with Gasteiger partial charge in [0.1, 0.15) is 18.2 Å². The van der Waals surface area contributed by atoms with Gasteiger partial charge in [-0.05, 0) is 67.7 Å². The molecule has 2 aromatic rings. The first-order chi connectivity index (χ1) is 15.3. The minimum atomic E-state index is -3.35. The molecule has 5 nitrogen and oxygen atoms in total. The van der Waals surface area contributed by atoms with E-state index >= 15 is 0 Å². The van der Waals surface area contributed by atoms with Gasteiger partial charge < -0.3 is 5.32 Å². The standard InChI is InChI=1S/C23H24F2N2O3S2/c1-31-16-4-9-22(26-13-16)27-23(28)19(10-14-11-20(24)21(25)12-14)15-2-5-17(6-3-15)32(29,30)18-7-8-18/h2-6,9-10,13-14,18,20-21H,7-8,11-12H2,1H3,(H,26,27,28)/b19-10+. The number of allylic oxidation sites excluding steroid dienone is 1. The van der Waals surface area contributed by atoms with Crippen molar-refractivity contribution in [2.75, 3.05) is 11.6 Å². The molecule has 1 heterocycles. The number of hydrogen-bond donors (Lipinski definition) is 1. The van der Waals surface area contributed by atoms with Gasteiger partial charge in [0, 0.05) is 16.7 Å². The Morgan fingerprint density at radius 1 is 1.09 bits per heavy atom. The summed E-state index contributed by atoms with van der Waals surface area (Å²) in [5, 5.41) is 2.40. The molecular formula is C23H24F2N2O3S2. The molecule has 1 aromatic heterocycles. The van der Waals surface area contributed by atoms with Gasteiger partial charge in [-0.25, -0.2) is 22.2 Å². The molecule has 32 heavy (non-hydrogen) atoms. The fraction of sp³-hybridized carbons (Fsp3) is 0.391. The number of carbonyl (C=O) groups excluding carboxylic acids is 1. The Morgan fingerprint density at radius 3 is 2.28 bits per heavy atom. The molecule has 1 N–H and O–H groups in total. The van der Waals surface area contributed by atoms with Gasteiger partial charge in [0.25, 0.3) is 5.91 Å². The van der Waals surface area contributed by atoms with Crippen LogP contribution in [-0.4, -0.2) is 43.2 Å². The zero-order valence-corrected chi connectivity index (χ0v) is 19.1. The van der Waals surface area contributed by atoms with E-state index in [1.165, 1.54) is 23.9 Å². The van der Waals surface area contributed by atoms with Crippen molar-refractivity contribution in [1.29, 1.82) is 0 Å². The van der Waals surface area contributed by atoms with Crippen LogP contribution < -0.4 is 5.32 Å². The van der Waals surface area contributed by atoms with Crippen LogP contribution in [0.1, 0.15) is 31.2 Å². The summed E-state index contributed by atoms with van der Waals surface area (Å²) in [5.41, 5.74) is 0.720. The Morgan fingerprint density at radius 2 is 1.75 bits per heavy atom. The molecule has 9 heteroatoms. The van der Waals surface area contributed by atoms with Crippen LogP contribution in [0.2, 0.25) is 0 Å². The summed E-state index contributed by atoms with van der Waals surface area (Å²) in [4.78, 5) is 18.5. The van der Waals surface area contributed by atoms with E-state index in [0.717, 1.165) is 4.90 Å². The van der Waals surface area contributed by atoms with Crippen LogP contribution in [0.25, 0.3) is 5.57 Å². The molecule has 2 atom stereocenters. The molecule has 2 saturated carbocycles. The Balaban J connectivity index is 1.62. The molecular weight excluding hydrogens is 454 g/mol. The molecule has 170 valence electrons. The third-order valence-electron chi connectivity index (χ3n) is 5.77. The number of aromatic nitrogens is 1. The molecule has 4 rings (SSSR count). The maximum absolute atomic E-state index is 13.7. The van der Waals surface area contributed by atoms with E-state index < -0.39 is 34.0 Å². The van der Waals surface area contributed by atoms with Crippen LogP contribution in [0.3, 0.4) is 0 Å². The lowest BCUT2D eigenvalue weighted by molar-refractivity contribution is -0.111. The van der Waals surface area contributed by atoms with Crippen LogP contribution in [0.5, 0.6) is 0 Å². The highest BCUT2D eigenvalue weighted by atomic mass is 32.2. The monoisotopic (exact) mass is 478 g/mol. The molecule has 1 amide bonds. The summed E-state index contributed by atoms with van der Waals surface area (Å²) >= 11 is 1.52. The van der Waals surface area contributed by atoms with Crippen molar-refractivity contribution in [3.8, 4) is 0 Å². The van der Waals surface area contributed by atoms with E-state index in [2.05, 4.69) is 10.3 Å². The van der Waals surface area contributed by atoms with Gasteiger partial charge in [0.2, 0.25) is 0 Å². The number of rotatable bonds is 7. The van der Waals surface area contributed by atoms with Crippen molar-refractivity contribution in [2.24, 2.45) is 5.92 Å². The number of nitrogens with zero attached hydrogens (tertiary/aromatic N) is 1. The Bertz CT molecular complexity index is 1100. The average molecular weight is 479 g/mol. The highest BCUT2D eigenvalue weighted by molar-refractivity contribution is 7.98. The van der Waals surface area contributed by atoms with Crippen LogP contribution in [0.4, 0.5) is 14.6 Å². The Hall–Kier alpha value is -2.26. The van der Waals surface area contributed by atoms with E-state index in [1.54, 1.807) is 30.5 Å². The minimum absolute atomic E-state index is 0.00671. The second-order valence-electron chi connectivity index (χ2n) is 8.15. The van der Waals surface area contributed by atoms with E-state index in [-0.39, 0.29) is 28.6 Å². The first kappa shape index (κ1) is 22.9. The quantitative estimate of drug-likeness (QED) is 0.455. The largest absolute Gasteiger partial charge is 0.307 e. The topological polar surface area (TPSA) is 76.1 Å². The summed E-state index contributed by atoms with van der Waals surface area (Å²) in [6.45, 7) is 0. The molecule has 0 spiro atoms. The second-order valence-corrected chi connectivity index (χ2v) is 11.3. The van der Waals surface area contributed by atoms with Crippen molar-refractivity contribution >= 4 is 38.9 Å². The summed E-state index contributed by atoms with van der Waals surface area (Å²) in [7, 11) is -3.35. The number of sulfone groups is 1. The third-order valence-corrected chi connectivity index (χ3v) is 8.76. The number of pyridine rings is 1. The number of halogens is 2. The number of hydrogen-bond acceptors (Lipinski definition) is 5. The van der Waals surface area contributed by atoms with E-state index in [1.807, 2.05) is 12.3 Å². The maximum Gasteiger partial charge on any atom is 0.257 e. The molecule has 0 bridgehead atoms. The van der Waals surface area contributed by atoms with Gasteiger partial charge >= 0.3 is 0 Å². The van der Waals surface area contributed by atoms with Gasteiger partial charge in [-0.3, -0.25) is 4.79 Å².